The van der Waals surface area contributed by atoms with E-state index in [4.69, 9.17) is 5.73 Å². The molecule has 1 unspecified atom stereocenters. The van der Waals surface area contributed by atoms with Gasteiger partial charge in [0.25, 0.3) is 0 Å². The standard InChI is InChI=1S/C17H23F2N3O2.ClH/c18-14-6-3-4-12(17(14)19)10-16(24)22-9-2-1-5-13(22)11-21-15(23)7-8-20;/h3-4,6,13H,1-2,5,7-11,20H2,(H,21,23);1H. The molecule has 0 bridgehead atoms. The molecule has 1 aromatic carbocycles. The molecule has 1 aromatic rings. The molecule has 0 radical (unpaired) electrons. The minimum absolute atomic E-state index is 0. The van der Waals surface area contributed by atoms with Crippen LogP contribution in [0.25, 0.3) is 0 Å². The lowest BCUT2D eigenvalue weighted by atomic mass is 10.0. The van der Waals surface area contributed by atoms with E-state index in [-0.39, 0.29) is 55.2 Å². The van der Waals surface area contributed by atoms with Gasteiger partial charge in [0.15, 0.2) is 11.6 Å². The van der Waals surface area contributed by atoms with Gasteiger partial charge < -0.3 is 16.0 Å². The Bertz CT molecular complexity index is 601. The molecule has 1 saturated heterocycles. The van der Waals surface area contributed by atoms with Gasteiger partial charge in [-0.1, -0.05) is 12.1 Å². The van der Waals surface area contributed by atoms with Gasteiger partial charge in [-0.2, -0.15) is 0 Å². The highest BCUT2D eigenvalue weighted by Crippen LogP contribution is 2.19. The Balaban J connectivity index is 0.00000312. The quantitative estimate of drug-likeness (QED) is 0.795. The lowest BCUT2D eigenvalue weighted by Gasteiger charge is -2.36. The zero-order valence-corrected chi connectivity index (χ0v) is 14.8. The highest BCUT2D eigenvalue weighted by molar-refractivity contribution is 5.85. The van der Waals surface area contributed by atoms with Crippen LogP contribution in [0.5, 0.6) is 0 Å². The molecule has 0 aromatic heterocycles. The molecule has 0 saturated carbocycles. The van der Waals surface area contributed by atoms with E-state index in [0.717, 1.165) is 25.3 Å². The Morgan fingerprint density at radius 3 is 2.76 bits per heavy atom. The maximum Gasteiger partial charge on any atom is 0.227 e. The van der Waals surface area contributed by atoms with Crippen molar-refractivity contribution in [3.8, 4) is 0 Å². The molecular weight excluding hydrogens is 352 g/mol. The topological polar surface area (TPSA) is 75.4 Å². The Morgan fingerprint density at radius 1 is 1.28 bits per heavy atom. The number of nitrogens with one attached hydrogen (secondary N) is 1. The van der Waals surface area contributed by atoms with Crippen molar-refractivity contribution in [3.63, 3.8) is 0 Å². The van der Waals surface area contributed by atoms with Gasteiger partial charge in [-0.05, 0) is 25.3 Å². The van der Waals surface area contributed by atoms with Crippen molar-refractivity contribution in [3.05, 3.63) is 35.4 Å². The highest BCUT2D eigenvalue weighted by atomic mass is 35.5. The van der Waals surface area contributed by atoms with E-state index < -0.39 is 11.6 Å². The van der Waals surface area contributed by atoms with E-state index in [2.05, 4.69) is 5.32 Å². The van der Waals surface area contributed by atoms with Gasteiger partial charge in [0.1, 0.15) is 0 Å². The van der Waals surface area contributed by atoms with Crippen LogP contribution in [-0.2, 0) is 16.0 Å². The number of benzene rings is 1. The largest absolute Gasteiger partial charge is 0.354 e. The summed E-state index contributed by atoms with van der Waals surface area (Å²) in [5, 5.41) is 2.78. The van der Waals surface area contributed by atoms with Gasteiger partial charge in [-0.3, -0.25) is 9.59 Å². The van der Waals surface area contributed by atoms with Crippen LogP contribution in [0.15, 0.2) is 18.2 Å². The number of carbonyl (C=O) groups excluding carboxylic acids is 2. The second-order valence-electron chi connectivity index (χ2n) is 5.97. The zero-order chi connectivity index (χ0) is 17.5. The highest BCUT2D eigenvalue weighted by Gasteiger charge is 2.27. The van der Waals surface area contributed by atoms with Crippen LogP contribution in [-0.4, -0.2) is 42.4 Å². The third kappa shape index (κ3) is 5.93. The van der Waals surface area contributed by atoms with Crippen LogP contribution in [0.4, 0.5) is 8.78 Å². The molecule has 1 fully saturated rings. The molecule has 0 aliphatic carbocycles. The van der Waals surface area contributed by atoms with Crippen molar-refractivity contribution >= 4 is 24.2 Å². The summed E-state index contributed by atoms with van der Waals surface area (Å²) in [5.41, 5.74) is 5.39. The van der Waals surface area contributed by atoms with E-state index in [1.165, 1.54) is 12.1 Å². The van der Waals surface area contributed by atoms with E-state index in [1.54, 1.807) is 4.90 Å². The number of piperidine rings is 1. The summed E-state index contributed by atoms with van der Waals surface area (Å²) >= 11 is 0. The average molecular weight is 376 g/mol. The molecular formula is C17H24ClF2N3O2. The Hall–Kier alpha value is -1.73. The van der Waals surface area contributed by atoms with Crippen molar-refractivity contribution in [1.82, 2.24) is 10.2 Å². The average Bonchev–Trinajstić information content (AvgIpc) is 2.57. The fourth-order valence-corrected chi connectivity index (χ4v) is 2.94. The number of halogens is 3. The first-order valence-corrected chi connectivity index (χ1v) is 8.22. The Kier molecular flexibility index (Phi) is 8.78. The maximum atomic E-state index is 13.8. The fraction of sp³-hybridized carbons (Fsp3) is 0.529. The van der Waals surface area contributed by atoms with Crippen LogP contribution < -0.4 is 11.1 Å². The number of hydrogen-bond donors (Lipinski definition) is 2. The number of nitrogens with zero attached hydrogens (tertiary/aromatic N) is 1. The van der Waals surface area contributed by atoms with Crippen LogP contribution in [0.3, 0.4) is 0 Å². The number of amides is 2. The summed E-state index contributed by atoms with van der Waals surface area (Å²) in [6.45, 7) is 1.20. The van der Waals surface area contributed by atoms with Gasteiger partial charge in [-0.15, -0.1) is 12.4 Å². The summed E-state index contributed by atoms with van der Waals surface area (Å²) in [7, 11) is 0. The van der Waals surface area contributed by atoms with Crippen molar-refractivity contribution in [2.24, 2.45) is 5.73 Å². The number of nitrogens with two attached hydrogens (primary N) is 1. The van der Waals surface area contributed by atoms with Crippen molar-refractivity contribution in [1.29, 1.82) is 0 Å². The van der Waals surface area contributed by atoms with Crippen LogP contribution >= 0.6 is 12.4 Å². The van der Waals surface area contributed by atoms with Crippen molar-refractivity contribution in [2.75, 3.05) is 19.6 Å². The first kappa shape index (κ1) is 21.3. The predicted octanol–water partition coefficient (Wildman–Crippen LogP) is 1.78. The minimum Gasteiger partial charge on any atom is -0.354 e. The number of likely N-dealkylation sites (tertiary alicyclic amines) is 1. The number of carbonyl (C=O) groups is 2. The Labute approximate surface area is 152 Å². The first-order valence-electron chi connectivity index (χ1n) is 8.22. The second-order valence-corrected chi connectivity index (χ2v) is 5.97. The van der Waals surface area contributed by atoms with Crippen molar-refractivity contribution in [2.45, 2.75) is 38.1 Å². The molecule has 3 N–H and O–H groups in total. The van der Waals surface area contributed by atoms with Gasteiger partial charge in [0.2, 0.25) is 11.8 Å². The summed E-state index contributed by atoms with van der Waals surface area (Å²) in [5.74, 6) is -2.33. The van der Waals surface area contributed by atoms with Gasteiger partial charge >= 0.3 is 0 Å². The van der Waals surface area contributed by atoms with E-state index in [9.17, 15) is 18.4 Å². The Morgan fingerprint density at radius 2 is 2.04 bits per heavy atom. The zero-order valence-electron chi connectivity index (χ0n) is 14.0. The second kappa shape index (κ2) is 10.3. The fourth-order valence-electron chi connectivity index (χ4n) is 2.94. The maximum absolute atomic E-state index is 13.8. The SMILES string of the molecule is Cl.NCCC(=O)NCC1CCCCN1C(=O)Cc1cccc(F)c1F. The molecule has 1 atom stereocenters. The molecule has 1 aliphatic rings. The third-order valence-corrected chi connectivity index (χ3v) is 4.23. The predicted molar refractivity (Wildman–Crippen MR) is 93.3 cm³/mol. The summed E-state index contributed by atoms with van der Waals surface area (Å²) < 4.78 is 27.0. The van der Waals surface area contributed by atoms with Crippen LogP contribution in [0.1, 0.15) is 31.2 Å². The molecule has 2 rings (SSSR count). The van der Waals surface area contributed by atoms with Gasteiger partial charge in [-0.25, -0.2) is 8.78 Å². The minimum atomic E-state index is -0.976. The van der Waals surface area contributed by atoms with Crippen molar-refractivity contribution < 1.29 is 18.4 Å². The summed E-state index contributed by atoms with van der Waals surface area (Å²) in [6, 6.07) is 3.71. The first-order chi connectivity index (χ1) is 11.5. The normalized spacial score (nSPS) is 16.9. The van der Waals surface area contributed by atoms with Crippen LogP contribution in [0.2, 0.25) is 0 Å². The smallest absolute Gasteiger partial charge is 0.227 e. The number of hydrogen-bond acceptors (Lipinski definition) is 3. The summed E-state index contributed by atoms with van der Waals surface area (Å²) in [6.07, 6.45) is 2.67. The van der Waals surface area contributed by atoms with E-state index >= 15 is 0 Å². The monoisotopic (exact) mass is 375 g/mol. The molecule has 140 valence electrons. The number of rotatable bonds is 6. The molecule has 0 spiro atoms. The molecule has 1 heterocycles. The summed E-state index contributed by atoms with van der Waals surface area (Å²) in [4.78, 5) is 25.7. The van der Waals surface area contributed by atoms with Crippen LogP contribution in [0, 0.1) is 11.6 Å². The molecule has 8 heteroatoms. The molecule has 1 aliphatic heterocycles. The molecule has 5 nitrogen and oxygen atoms in total. The molecule has 2 amide bonds. The lowest BCUT2D eigenvalue weighted by Crippen LogP contribution is -2.50. The third-order valence-electron chi connectivity index (χ3n) is 4.23. The van der Waals surface area contributed by atoms with E-state index in [1.807, 2.05) is 0 Å². The van der Waals surface area contributed by atoms with Gasteiger partial charge in [0.05, 0.1) is 6.42 Å². The lowest BCUT2D eigenvalue weighted by molar-refractivity contribution is -0.134. The van der Waals surface area contributed by atoms with Gasteiger partial charge in [0, 0.05) is 37.7 Å². The molecule has 25 heavy (non-hydrogen) atoms. The van der Waals surface area contributed by atoms with E-state index in [0.29, 0.717) is 13.1 Å².